The van der Waals surface area contributed by atoms with Crippen LogP contribution in [-0.2, 0) is 4.79 Å². The number of hydrogen-bond donors (Lipinski definition) is 4. The molecule has 0 radical (unpaired) electrons. The van der Waals surface area contributed by atoms with E-state index in [2.05, 4.69) is 17.2 Å². The summed E-state index contributed by atoms with van der Waals surface area (Å²) in [6, 6.07) is 0. The van der Waals surface area contributed by atoms with Crippen molar-refractivity contribution >= 4 is 5.91 Å². The molecule has 0 aromatic heterocycles. The first kappa shape index (κ1) is 13.1. The Balaban J connectivity index is 3.58. The standard InChI is InChI=1S/C9H18N2O3/c1-3-4-10-5-8(13)11-6-9(2,14)7-12/h3,10,12,14H,1,4-7H2,2H3,(H,11,13). The number of carbonyl (C=O) groups excluding carboxylic acids is 1. The molecular formula is C9H18N2O3. The average molecular weight is 202 g/mol. The van der Waals surface area contributed by atoms with Gasteiger partial charge >= 0.3 is 0 Å². The minimum absolute atomic E-state index is 0.0398. The van der Waals surface area contributed by atoms with Crippen molar-refractivity contribution in [3.05, 3.63) is 12.7 Å². The van der Waals surface area contributed by atoms with Crippen LogP contribution >= 0.6 is 0 Å². The van der Waals surface area contributed by atoms with E-state index in [1.165, 1.54) is 6.92 Å². The van der Waals surface area contributed by atoms with Crippen molar-refractivity contribution in [1.82, 2.24) is 10.6 Å². The quantitative estimate of drug-likeness (QED) is 0.303. The summed E-state index contributed by atoms with van der Waals surface area (Å²) in [5, 5.41) is 23.3. The van der Waals surface area contributed by atoms with Crippen molar-refractivity contribution in [2.24, 2.45) is 0 Å². The number of aliphatic hydroxyl groups is 2. The largest absolute Gasteiger partial charge is 0.393 e. The first-order valence-electron chi connectivity index (χ1n) is 4.43. The summed E-state index contributed by atoms with van der Waals surface area (Å²) in [6.45, 7) is 5.33. The Morgan fingerprint density at radius 2 is 2.29 bits per heavy atom. The zero-order valence-corrected chi connectivity index (χ0v) is 8.42. The van der Waals surface area contributed by atoms with Gasteiger partial charge in [-0.1, -0.05) is 6.08 Å². The van der Waals surface area contributed by atoms with Crippen molar-refractivity contribution in [2.75, 3.05) is 26.2 Å². The molecule has 0 rings (SSSR count). The molecule has 0 fully saturated rings. The topological polar surface area (TPSA) is 81.6 Å². The fourth-order valence-corrected chi connectivity index (χ4v) is 0.695. The molecule has 5 heteroatoms. The predicted molar refractivity (Wildman–Crippen MR) is 53.8 cm³/mol. The fraction of sp³-hybridized carbons (Fsp3) is 0.667. The Morgan fingerprint density at radius 3 is 2.79 bits per heavy atom. The van der Waals surface area contributed by atoms with E-state index in [0.717, 1.165) is 0 Å². The molecule has 1 amide bonds. The normalized spacial score (nSPS) is 14.5. The van der Waals surface area contributed by atoms with Gasteiger partial charge in [0.05, 0.1) is 13.2 Å². The molecule has 1 unspecified atom stereocenters. The van der Waals surface area contributed by atoms with Gasteiger partial charge in [0.15, 0.2) is 0 Å². The minimum Gasteiger partial charge on any atom is -0.393 e. The van der Waals surface area contributed by atoms with Crippen molar-refractivity contribution in [2.45, 2.75) is 12.5 Å². The summed E-state index contributed by atoms with van der Waals surface area (Å²) >= 11 is 0. The Labute approximate surface area is 83.8 Å². The van der Waals surface area contributed by atoms with E-state index in [0.29, 0.717) is 6.54 Å². The average Bonchev–Trinajstić information content (AvgIpc) is 2.16. The third-order valence-corrected chi connectivity index (χ3v) is 1.58. The van der Waals surface area contributed by atoms with Gasteiger partial charge in [0.1, 0.15) is 5.60 Å². The lowest BCUT2D eigenvalue weighted by Crippen LogP contribution is -2.45. The first-order valence-corrected chi connectivity index (χ1v) is 4.43. The molecule has 0 bridgehead atoms. The summed E-state index contributed by atoms with van der Waals surface area (Å²) in [6.07, 6.45) is 1.65. The third-order valence-electron chi connectivity index (χ3n) is 1.58. The zero-order chi connectivity index (χ0) is 11.0. The van der Waals surface area contributed by atoms with E-state index in [1.54, 1.807) is 6.08 Å². The molecule has 0 aliphatic heterocycles. The lowest BCUT2D eigenvalue weighted by atomic mass is 10.1. The molecule has 0 saturated heterocycles. The van der Waals surface area contributed by atoms with Crippen LogP contribution < -0.4 is 10.6 Å². The molecule has 0 spiro atoms. The number of nitrogens with one attached hydrogen (secondary N) is 2. The second-order valence-corrected chi connectivity index (χ2v) is 3.35. The molecule has 0 aliphatic rings. The highest BCUT2D eigenvalue weighted by Crippen LogP contribution is 1.97. The van der Waals surface area contributed by atoms with Crippen LogP contribution in [0.1, 0.15) is 6.92 Å². The number of carbonyl (C=O) groups is 1. The maximum Gasteiger partial charge on any atom is 0.234 e. The van der Waals surface area contributed by atoms with Crippen molar-refractivity contribution < 1.29 is 15.0 Å². The molecule has 5 nitrogen and oxygen atoms in total. The lowest BCUT2D eigenvalue weighted by Gasteiger charge is -2.20. The Morgan fingerprint density at radius 1 is 1.64 bits per heavy atom. The van der Waals surface area contributed by atoms with Gasteiger partial charge in [0.25, 0.3) is 0 Å². The van der Waals surface area contributed by atoms with Gasteiger partial charge < -0.3 is 20.8 Å². The number of amides is 1. The Bertz CT molecular complexity index is 192. The minimum atomic E-state index is -1.26. The van der Waals surface area contributed by atoms with Crippen LogP contribution in [0, 0.1) is 0 Å². The van der Waals surface area contributed by atoms with Crippen molar-refractivity contribution in [1.29, 1.82) is 0 Å². The molecule has 1 atom stereocenters. The second kappa shape index (κ2) is 6.53. The molecule has 82 valence electrons. The molecule has 0 aliphatic carbocycles. The molecule has 0 aromatic carbocycles. The van der Waals surface area contributed by atoms with Crippen LogP contribution in [0.3, 0.4) is 0 Å². The van der Waals surface area contributed by atoms with Gasteiger partial charge in [0, 0.05) is 13.1 Å². The summed E-state index contributed by atoms with van der Waals surface area (Å²) < 4.78 is 0. The van der Waals surface area contributed by atoms with Gasteiger partial charge in [-0.3, -0.25) is 4.79 Å². The highest BCUT2D eigenvalue weighted by molar-refractivity contribution is 5.78. The SMILES string of the molecule is C=CCNCC(=O)NCC(C)(O)CO. The third kappa shape index (κ3) is 6.59. The fourth-order valence-electron chi connectivity index (χ4n) is 0.695. The molecule has 4 N–H and O–H groups in total. The van der Waals surface area contributed by atoms with Crippen LogP contribution in [0.25, 0.3) is 0 Å². The van der Waals surface area contributed by atoms with E-state index in [1.807, 2.05) is 0 Å². The van der Waals surface area contributed by atoms with Crippen LogP contribution in [-0.4, -0.2) is 48.0 Å². The molecule has 0 aromatic rings. The summed E-state index contributed by atoms with van der Waals surface area (Å²) in [5.41, 5.74) is -1.26. The van der Waals surface area contributed by atoms with Crippen LogP contribution in [0.15, 0.2) is 12.7 Å². The maximum atomic E-state index is 11.1. The van der Waals surface area contributed by atoms with Crippen LogP contribution in [0.2, 0.25) is 0 Å². The maximum absolute atomic E-state index is 11.1. The monoisotopic (exact) mass is 202 g/mol. The molecule has 0 heterocycles. The van der Waals surface area contributed by atoms with E-state index in [9.17, 15) is 9.90 Å². The van der Waals surface area contributed by atoms with Gasteiger partial charge in [-0.25, -0.2) is 0 Å². The van der Waals surface area contributed by atoms with Gasteiger partial charge in [-0.15, -0.1) is 6.58 Å². The van der Waals surface area contributed by atoms with Crippen LogP contribution in [0.4, 0.5) is 0 Å². The van der Waals surface area contributed by atoms with Gasteiger partial charge in [-0.2, -0.15) is 0 Å². The molecule has 0 saturated carbocycles. The predicted octanol–water partition coefficient (Wildman–Crippen LogP) is -1.38. The van der Waals surface area contributed by atoms with E-state index in [4.69, 9.17) is 5.11 Å². The molecule has 14 heavy (non-hydrogen) atoms. The smallest absolute Gasteiger partial charge is 0.234 e. The number of hydrogen-bond acceptors (Lipinski definition) is 4. The van der Waals surface area contributed by atoms with E-state index < -0.39 is 5.60 Å². The highest BCUT2D eigenvalue weighted by atomic mass is 16.3. The summed E-state index contributed by atoms with van der Waals surface area (Å²) in [5.74, 6) is -0.222. The van der Waals surface area contributed by atoms with Crippen molar-refractivity contribution in [3.8, 4) is 0 Å². The summed E-state index contributed by atoms with van der Waals surface area (Å²) in [4.78, 5) is 11.1. The Hall–Kier alpha value is -0.910. The lowest BCUT2D eigenvalue weighted by molar-refractivity contribution is -0.121. The van der Waals surface area contributed by atoms with Gasteiger partial charge in [0.2, 0.25) is 5.91 Å². The first-order chi connectivity index (χ1) is 6.52. The summed E-state index contributed by atoms with van der Waals surface area (Å²) in [7, 11) is 0. The zero-order valence-electron chi connectivity index (χ0n) is 8.42. The number of rotatable bonds is 7. The van der Waals surface area contributed by atoms with Crippen molar-refractivity contribution in [3.63, 3.8) is 0 Å². The Kier molecular flexibility index (Phi) is 6.11. The second-order valence-electron chi connectivity index (χ2n) is 3.35. The van der Waals surface area contributed by atoms with Crippen LogP contribution in [0.5, 0.6) is 0 Å². The van der Waals surface area contributed by atoms with Gasteiger partial charge in [-0.05, 0) is 6.92 Å². The van der Waals surface area contributed by atoms with E-state index >= 15 is 0 Å². The molecular weight excluding hydrogens is 184 g/mol. The van der Waals surface area contributed by atoms with E-state index in [-0.39, 0.29) is 25.6 Å². The number of aliphatic hydroxyl groups excluding tert-OH is 1. The highest BCUT2D eigenvalue weighted by Gasteiger charge is 2.19.